The molecule has 1 N–H and O–H groups in total. The zero-order chi connectivity index (χ0) is 14.8. The lowest BCUT2D eigenvalue weighted by Crippen LogP contribution is -2.02. The second-order valence-corrected chi connectivity index (χ2v) is 5.09. The summed E-state index contributed by atoms with van der Waals surface area (Å²) in [7, 11) is 0. The van der Waals surface area contributed by atoms with Crippen LogP contribution in [0, 0.1) is 6.92 Å². The minimum absolute atomic E-state index is 0.312. The van der Waals surface area contributed by atoms with Crippen molar-refractivity contribution >= 4 is 16.9 Å². The van der Waals surface area contributed by atoms with Gasteiger partial charge in [0.2, 0.25) is 0 Å². The summed E-state index contributed by atoms with van der Waals surface area (Å²) in [5, 5.41) is 10.1. The quantitative estimate of drug-likeness (QED) is 0.791. The van der Waals surface area contributed by atoms with E-state index in [2.05, 4.69) is 17.1 Å². The van der Waals surface area contributed by atoms with Gasteiger partial charge >= 0.3 is 5.97 Å². The van der Waals surface area contributed by atoms with E-state index in [0.29, 0.717) is 10.9 Å². The fourth-order valence-corrected chi connectivity index (χ4v) is 2.57. The number of aryl methyl sites for hydroxylation is 1. The molecule has 3 nitrogen and oxygen atoms in total. The van der Waals surface area contributed by atoms with Crippen molar-refractivity contribution in [2.75, 3.05) is 0 Å². The van der Waals surface area contributed by atoms with Crippen molar-refractivity contribution < 1.29 is 9.90 Å². The Kier molecular flexibility index (Phi) is 3.40. The van der Waals surface area contributed by atoms with E-state index in [4.69, 9.17) is 0 Å². The van der Waals surface area contributed by atoms with Crippen molar-refractivity contribution in [1.82, 2.24) is 4.98 Å². The smallest absolute Gasteiger partial charge is 0.336 e. The Hall–Kier alpha value is -2.68. The lowest BCUT2D eigenvalue weighted by molar-refractivity contribution is 0.0699. The highest BCUT2D eigenvalue weighted by atomic mass is 16.4. The van der Waals surface area contributed by atoms with Crippen LogP contribution >= 0.6 is 0 Å². The minimum atomic E-state index is -0.914. The zero-order valence-electron chi connectivity index (χ0n) is 11.7. The molecule has 0 atom stereocenters. The lowest BCUT2D eigenvalue weighted by Gasteiger charge is -2.09. The summed E-state index contributed by atoms with van der Waals surface area (Å²) in [5.41, 5.74) is 4.04. The van der Waals surface area contributed by atoms with E-state index < -0.39 is 5.97 Å². The average molecular weight is 277 g/mol. The van der Waals surface area contributed by atoms with Crippen LogP contribution < -0.4 is 0 Å². The molecule has 2 aromatic carbocycles. The second kappa shape index (κ2) is 5.37. The van der Waals surface area contributed by atoms with Crippen molar-refractivity contribution in [3.8, 4) is 0 Å². The number of rotatable bonds is 3. The maximum Gasteiger partial charge on any atom is 0.336 e. The molecule has 0 saturated carbocycles. The summed E-state index contributed by atoms with van der Waals surface area (Å²) in [5.74, 6) is -0.914. The van der Waals surface area contributed by atoms with Gasteiger partial charge in [-0.2, -0.15) is 0 Å². The number of nitrogens with zero attached hydrogens (tertiary/aromatic N) is 1. The van der Waals surface area contributed by atoms with E-state index in [1.165, 1.54) is 5.56 Å². The SMILES string of the molecule is Cc1cc(C(=O)O)c2cccc(Cc3ccccc3)c2n1. The minimum Gasteiger partial charge on any atom is -0.478 e. The molecule has 3 heteroatoms. The number of carbonyl (C=O) groups is 1. The Labute approximate surface area is 122 Å². The molecule has 0 bridgehead atoms. The summed E-state index contributed by atoms with van der Waals surface area (Å²) in [4.78, 5) is 16.0. The standard InChI is InChI=1S/C18H15NO2/c1-12-10-16(18(20)21)15-9-5-8-14(17(15)19-12)11-13-6-3-2-4-7-13/h2-10H,11H2,1H3,(H,20,21). The van der Waals surface area contributed by atoms with Crippen LogP contribution in [0.4, 0.5) is 0 Å². The molecule has 1 heterocycles. The number of aromatic nitrogens is 1. The van der Waals surface area contributed by atoms with Crippen LogP contribution in [-0.2, 0) is 6.42 Å². The third kappa shape index (κ3) is 2.63. The molecule has 0 aliphatic carbocycles. The Morgan fingerprint density at radius 2 is 1.86 bits per heavy atom. The van der Waals surface area contributed by atoms with Crippen LogP contribution in [0.5, 0.6) is 0 Å². The molecule has 0 aliphatic rings. The Morgan fingerprint density at radius 3 is 2.57 bits per heavy atom. The average Bonchev–Trinajstić information content (AvgIpc) is 2.48. The van der Waals surface area contributed by atoms with Crippen LogP contribution in [0.25, 0.3) is 10.9 Å². The monoisotopic (exact) mass is 277 g/mol. The molecule has 21 heavy (non-hydrogen) atoms. The van der Waals surface area contributed by atoms with Gasteiger partial charge in [-0.3, -0.25) is 4.98 Å². The van der Waals surface area contributed by atoms with E-state index in [1.54, 1.807) is 6.07 Å². The van der Waals surface area contributed by atoms with E-state index in [1.807, 2.05) is 43.3 Å². The summed E-state index contributed by atoms with van der Waals surface area (Å²) in [6.07, 6.45) is 0.744. The van der Waals surface area contributed by atoms with Gasteiger partial charge in [0.05, 0.1) is 11.1 Å². The number of para-hydroxylation sites is 1. The predicted molar refractivity (Wildman–Crippen MR) is 82.7 cm³/mol. The summed E-state index contributed by atoms with van der Waals surface area (Å²) >= 11 is 0. The zero-order valence-corrected chi connectivity index (χ0v) is 11.7. The molecular formula is C18H15NO2. The van der Waals surface area contributed by atoms with E-state index in [9.17, 15) is 9.90 Å². The molecule has 0 radical (unpaired) electrons. The Bertz CT molecular complexity index is 810. The van der Waals surface area contributed by atoms with Gasteiger partial charge in [-0.05, 0) is 30.5 Å². The normalized spacial score (nSPS) is 10.7. The predicted octanol–water partition coefficient (Wildman–Crippen LogP) is 3.83. The first kappa shape index (κ1) is 13.3. The van der Waals surface area contributed by atoms with Crippen molar-refractivity contribution in [2.45, 2.75) is 13.3 Å². The molecule has 1 aromatic heterocycles. The number of carboxylic acid groups (broad SMARTS) is 1. The number of benzene rings is 2. The van der Waals surface area contributed by atoms with Gasteiger partial charge in [-0.1, -0.05) is 48.5 Å². The van der Waals surface area contributed by atoms with Gasteiger partial charge in [0, 0.05) is 11.1 Å². The van der Waals surface area contributed by atoms with Crippen molar-refractivity contribution in [1.29, 1.82) is 0 Å². The molecule has 3 aromatic rings. The van der Waals surface area contributed by atoms with E-state index >= 15 is 0 Å². The van der Waals surface area contributed by atoms with Gasteiger partial charge in [0.15, 0.2) is 0 Å². The Balaban J connectivity index is 2.18. The maximum absolute atomic E-state index is 11.4. The first-order chi connectivity index (χ1) is 10.1. The largest absolute Gasteiger partial charge is 0.478 e. The fourth-order valence-electron chi connectivity index (χ4n) is 2.57. The van der Waals surface area contributed by atoms with E-state index in [-0.39, 0.29) is 0 Å². The molecule has 0 amide bonds. The van der Waals surface area contributed by atoms with Crippen LogP contribution in [0.1, 0.15) is 27.2 Å². The molecule has 3 rings (SSSR count). The van der Waals surface area contributed by atoms with Crippen LogP contribution in [0.3, 0.4) is 0 Å². The molecule has 104 valence electrons. The van der Waals surface area contributed by atoms with Gasteiger partial charge in [0.25, 0.3) is 0 Å². The van der Waals surface area contributed by atoms with Gasteiger partial charge in [-0.25, -0.2) is 4.79 Å². The van der Waals surface area contributed by atoms with Crippen molar-refractivity contribution in [2.24, 2.45) is 0 Å². The van der Waals surface area contributed by atoms with Crippen molar-refractivity contribution in [3.05, 3.63) is 77.0 Å². The topological polar surface area (TPSA) is 50.2 Å². The van der Waals surface area contributed by atoms with Gasteiger partial charge in [0.1, 0.15) is 0 Å². The highest BCUT2D eigenvalue weighted by Crippen LogP contribution is 2.24. The number of hydrogen-bond donors (Lipinski definition) is 1. The number of hydrogen-bond acceptors (Lipinski definition) is 2. The summed E-state index contributed by atoms with van der Waals surface area (Å²) < 4.78 is 0. The number of aromatic carboxylic acids is 1. The summed E-state index contributed by atoms with van der Waals surface area (Å²) in [6.45, 7) is 1.82. The number of fused-ring (bicyclic) bond motifs is 1. The van der Waals surface area contributed by atoms with E-state index in [0.717, 1.165) is 23.2 Å². The molecule has 0 aliphatic heterocycles. The first-order valence-corrected chi connectivity index (χ1v) is 6.81. The summed E-state index contributed by atoms with van der Waals surface area (Å²) in [6, 6.07) is 17.5. The van der Waals surface area contributed by atoms with Crippen LogP contribution in [-0.4, -0.2) is 16.1 Å². The van der Waals surface area contributed by atoms with Gasteiger partial charge in [-0.15, -0.1) is 0 Å². The molecular weight excluding hydrogens is 262 g/mol. The lowest BCUT2D eigenvalue weighted by atomic mass is 9.99. The molecule has 0 saturated heterocycles. The Morgan fingerprint density at radius 1 is 1.10 bits per heavy atom. The van der Waals surface area contributed by atoms with Crippen molar-refractivity contribution in [3.63, 3.8) is 0 Å². The fraction of sp³-hybridized carbons (Fsp3) is 0.111. The molecule has 0 unspecified atom stereocenters. The highest BCUT2D eigenvalue weighted by molar-refractivity contribution is 6.03. The number of carboxylic acids is 1. The first-order valence-electron chi connectivity index (χ1n) is 6.81. The van der Waals surface area contributed by atoms with Crippen LogP contribution in [0.15, 0.2) is 54.6 Å². The maximum atomic E-state index is 11.4. The van der Waals surface area contributed by atoms with Gasteiger partial charge < -0.3 is 5.11 Å². The number of pyridine rings is 1. The third-order valence-electron chi connectivity index (χ3n) is 3.52. The second-order valence-electron chi connectivity index (χ2n) is 5.09. The molecule has 0 spiro atoms. The van der Waals surface area contributed by atoms with Crippen LogP contribution in [0.2, 0.25) is 0 Å². The third-order valence-corrected chi connectivity index (χ3v) is 3.52. The highest BCUT2D eigenvalue weighted by Gasteiger charge is 2.13. The molecule has 0 fully saturated rings.